The molecule has 128 valence electrons. The van der Waals surface area contributed by atoms with Crippen molar-refractivity contribution < 1.29 is 0 Å². The fourth-order valence-electron chi connectivity index (χ4n) is 6.25. The maximum absolute atomic E-state index is 12.4. The minimum Gasteiger partial charge on any atom is -0.299 e. The Balaban J connectivity index is 1.36. The van der Waals surface area contributed by atoms with E-state index in [1.54, 1.807) is 0 Å². The van der Waals surface area contributed by atoms with Gasteiger partial charge in [0.2, 0.25) is 0 Å². The van der Waals surface area contributed by atoms with Crippen LogP contribution in [0.2, 0.25) is 0 Å². The van der Waals surface area contributed by atoms with Gasteiger partial charge in [-0.3, -0.25) is 14.3 Å². The molecule has 3 nitrogen and oxygen atoms in total. The van der Waals surface area contributed by atoms with Crippen molar-refractivity contribution in [1.29, 1.82) is 0 Å². The quantitative estimate of drug-likeness (QED) is 0.840. The summed E-state index contributed by atoms with van der Waals surface area (Å²) in [5.74, 6) is 2.93. The molecule has 1 aromatic heterocycles. The first-order chi connectivity index (χ1) is 11.6. The van der Waals surface area contributed by atoms with Crippen LogP contribution in [0.15, 0.2) is 29.1 Å². The zero-order chi connectivity index (χ0) is 16.3. The topological polar surface area (TPSA) is 25.2 Å². The molecule has 0 atom stereocenters. The molecule has 0 spiro atoms. The average molecular weight is 343 g/mol. The van der Waals surface area contributed by atoms with Crippen molar-refractivity contribution in [3.63, 3.8) is 0 Å². The van der Waals surface area contributed by atoms with E-state index in [1.807, 2.05) is 16.7 Å². The summed E-state index contributed by atoms with van der Waals surface area (Å²) in [5.41, 5.74) is 1.54. The van der Waals surface area contributed by atoms with Crippen LogP contribution < -0.4 is 4.87 Å². The third kappa shape index (κ3) is 2.30. The van der Waals surface area contributed by atoms with Crippen molar-refractivity contribution in [2.45, 2.75) is 50.6 Å². The molecule has 0 aliphatic heterocycles. The van der Waals surface area contributed by atoms with E-state index >= 15 is 0 Å². The highest BCUT2D eigenvalue weighted by Crippen LogP contribution is 2.57. The highest BCUT2D eigenvalue weighted by Gasteiger charge is 2.52. The number of para-hydroxylation sites is 1. The summed E-state index contributed by atoms with van der Waals surface area (Å²) in [6.07, 6.45) is 8.66. The molecule has 4 aliphatic rings. The second-order valence-electron chi connectivity index (χ2n) is 8.55. The summed E-state index contributed by atoms with van der Waals surface area (Å²) in [6.45, 7) is 1.81. The Morgan fingerprint density at radius 1 is 1.12 bits per heavy atom. The molecule has 4 bridgehead atoms. The molecule has 4 heteroatoms. The molecule has 2 aromatic rings. The second-order valence-corrected chi connectivity index (χ2v) is 9.54. The number of aromatic nitrogens is 1. The summed E-state index contributed by atoms with van der Waals surface area (Å²) in [5, 5.41) is 0. The van der Waals surface area contributed by atoms with E-state index in [-0.39, 0.29) is 4.87 Å². The third-order valence-electron chi connectivity index (χ3n) is 7.05. The molecule has 0 saturated heterocycles. The lowest BCUT2D eigenvalue weighted by Gasteiger charge is -2.60. The van der Waals surface area contributed by atoms with Crippen molar-refractivity contribution in [2.75, 3.05) is 13.6 Å². The van der Waals surface area contributed by atoms with Crippen LogP contribution in [-0.4, -0.2) is 28.6 Å². The Morgan fingerprint density at radius 3 is 2.42 bits per heavy atom. The predicted molar refractivity (Wildman–Crippen MR) is 99.6 cm³/mol. The van der Waals surface area contributed by atoms with Crippen molar-refractivity contribution >= 4 is 21.6 Å². The fraction of sp³-hybridized carbons (Fsp3) is 0.650. The van der Waals surface area contributed by atoms with Gasteiger partial charge in [-0.2, -0.15) is 0 Å². The van der Waals surface area contributed by atoms with Crippen molar-refractivity contribution in [3.05, 3.63) is 33.9 Å². The monoisotopic (exact) mass is 342 g/mol. The van der Waals surface area contributed by atoms with Gasteiger partial charge in [0.25, 0.3) is 0 Å². The van der Waals surface area contributed by atoms with Crippen LogP contribution in [0.5, 0.6) is 0 Å². The van der Waals surface area contributed by atoms with Crippen molar-refractivity contribution in [2.24, 2.45) is 17.8 Å². The van der Waals surface area contributed by atoms with Crippen LogP contribution >= 0.6 is 11.3 Å². The van der Waals surface area contributed by atoms with Crippen LogP contribution in [0.3, 0.4) is 0 Å². The number of hydrogen-bond donors (Lipinski definition) is 0. The number of nitrogens with zero attached hydrogens (tertiary/aromatic N) is 2. The minimum absolute atomic E-state index is 0.190. The summed E-state index contributed by atoms with van der Waals surface area (Å²) in [4.78, 5) is 15.2. The van der Waals surface area contributed by atoms with Crippen LogP contribution in [0.1, 0.15) is 38.5 Å². The first-order valence-electron chi connectivity index (χ1n) is 9.43. The molecule has 4 fully saturated rings. The van der Waals surface area contributed by atoms with E-state index in [2.05, 4.69) is 24.1 Å². The molecule has 4 aliphatic carbocycles. The van der Waals surface area contributed by atoms with Crippen LogP contribution in [0, 0.1) is 17.8 Å². The van der Waals surface area contributed by atoms with Gasteiger partial charge in [0.05, 0.1) is 10.2 Å². The van der Waals surface area contributed by atoms with Crippen molar-refractivity contribution in [3.8, 4) is 0 Å². The van der Waals surface area contributed by atoms with Gasteiger partial charge in [0, 0.05) is 18.6 Å². The first-order valence-corrected chi connectivity index (χ1v) is 10.2. The third-order valence-corrected chi connectivity index (χ3v) is 8.01. The van der Waals surface area contributed by atoms with Gasteiger partial charge in [0.15, 0.2) is 0 Å². The van der Waals surface area contributed by atoms with Gasteiger partial charge in [-0.25, -0.2) is 0 Å². The number of benzene rings is 1. The molecular formula is C20H26N2OS. The number of rotatable bonds is 4. The van der Waals surface area contributed by atoms with Gasteiger partial charge in [-0.15, -0.1) is 0 Å². The summed E-state index contributed by atoms with van der Waals surface area (Å²) < 4.78 is 3.09. The Kier molecular flexibility index (Phi) is 3.43. The molecule has 1 heterocycles. The van der Waals surface area contributed by atoms with E-state index in [0.29, 0.717) is 5.54 Å². The SMILES string of the molecule is CN(CCn1c(=O)sc2ccccc21)C12CC3CC(CC(C3)C1)C2. The highest BCUT2D eigenvalue weighted by molar-refractivity contribution is 7.16. The predicted octanol–water partition coefficient (Wildman–Crippen LogP) is 3.96. The maximum atomic E-state index is 12.4. The maximum Gasteiger partial charge on any atom is 0.308 e. The number of fused-ring (bicyclic) bond motifs is 1. The van der Waals surface area contributed by atoms with Crippen LogP contribution in [-0.2, 0) is 6.54 Å². The Labute approximate surface area is 147 Å². The smallest absolute Gasteiger partial charge is 0.299 e. The summed E-state index contributed by atoms with van der Waals surface area (Å²) in [6, 6.07) is 8.19. The fourth-order valence-corrected chi connectivity index (χ4v) is 7.16. The first kappa shape index (κ1) is 15.2. The largest absolute Gasteiger partial charge is 0.308 e. The molecule has 0 amide bonds. The van der Waals surface area contributed by atoms with Gasteiger partial charge in [-0.1, -0.05) is 23.5 Å². The molecular weight excluding hydrogens is 316 g/mol. The van der Waals surface area contributed by atoms with Gasteiger partial charge < -0.3 is 0 Å². The van der Waals surface area contributed by atoms with Gasteiger partial charge in [0.1, 0.15) is 0 Å². The Morgan fingerprint density at radius 2 is 1.75 bits per heavy atom. The van der Waals surface area contributed by atoms with Crippen LogP contribution in [0.25, 0.3) is 10.2 Å². The van der Waals surface area contributed by atoms with E-state index in [0.717, 1.165) is 41.1 Å². The lowest BCUT2D eigenvalue weighted by Crippen LogP contribution is -2.59. The molecule has 0 radical (unpaired) electrons. The van der Waals surface area contributed by atoms with Gasteiger partial charge >= 0.3 is 4.87 Å². The normalized spacial score (nSPS) is 34.5. The van der Waals surface area contributed by atoms with Crippen molar-refractivity contribution in [1.82, 2.24) is 9.47 Å². The van der Waals surface area contributed by atoms with E-state index < -0.39 is 0 Å². The standard InChI is InChI=1S/C20H26N2OS/c1-21(20-11-14-8-15(12-20)10-16(9-14)13-20)6-7-22-17-4-2-3-5-18(17)24-19(22)23/h2-5,14-16H,6-13H2,1H3. The number of thiazole rings is 1. The zero-order valence-electron chi connectivity index (χ0n) is 14.4. The summed E-state index contributed by atoms with van der Waals surface area (Å²) >= 11 is 1.38. The molecule has 24 heavy (non-hydrogen) atoms. The number of likely N-dealkylation sites (N-methyl/N-ethyl adjacent to an activating group) is 1. The lowest BCUT2D eigenvalue weighted by atomic mass is 9.52. The van der Waals surface area contributed by atoms with E-state index in [9.17, 15) is 4.79 Å². The molecule has 1 aromatic carbocycles. The molecule has 4 saturated carbocycles. The van der Waals surface area contributed by atoms with E-state index in [1.165, 1.54) is 49.9 Å². The molecule has 0 unspecified atom stereocenters. The average Bonchev–Trinajstić information content (AvgIpc) is 2.86. The van der Waals surface area contributed by atoms with Gasteiger partial charge in [-0.05, 0) is 75.5 Å². The molecule has 0 N–H and O–H groups in total. The number of hydrogen-bond acceptors (Lipinski definition) is 3. The van der Waals surface area contributed by atoms with E-state index in [4.69, 9.17) is 0 Å². The second kappa shape index (κ2) is 5.43. The highest BCUT2D eigenvalue weighted by atomic mass is 32.1. The summed E-state index contributed by atoms with van der Waals surface area (Å²) in [7, 11) is 2.31. The lowest BCUT2D eigenvalue weighted by molar-refractivity contribution is -0.0797. The molecule has 6 rings (SSSR count). The zero-order valence-corrected chi connectivity index (χ0v) is 15.2. The van der Waals surface area contributed by atoms with Crippen LogP contribution in [0.4, 0.5) is 0 Å². The Bertz CT molecular complexity index is 785. The Hall–Kier alpha value is -1.13. The minimum atomic E-state index is 0.190.